The van der Waals surface area contributed by atoms with Crippen LogP contribution in [-0.2, 0) is 9.53 Å². The summed E-state index contributed by atoms with van der Waals surface area (Å²) >= 11 is 0. The molecule has 0 aromatic carbocycles. The van der Waals surface area contributed by atoms with Crippen molar-refractivity contribution in [3.8, 4) is 0 Å². The van der Waals surface area contributed by atoms with E-state index in [1.165, 1.54) is 19.3 Å². The molecule has 1 aliphatic heterocycles. The van der Waals surface area contributed by atoms with Crippen LogP contribution in [0.15, 0.2) is 0 Å². The summed E-state index contributed by atoms with van der Waals surface area (Å²) in [7, 11) is 4.10. The summed E-state index contributed by atoms with van der Waals surface area (Å²) in [4.78, 5) is 16.9. The number of amides is 1. The van der Waals surface area contributed by atoms with Crippen LogP contribution >= 0.6 is 0 Å². The number of likely N-dealkylation sites (tertiary alicyclic amines) is 1. The van der Waals surface area contributed by atoms with Crippen molar-refractivity contribution in [1.82, 2.24) is 9.80 Å². The van der Waals surface area contributed by atoms with Gasteiger partial charge in [0.25, 0.3) is 5.91 Å². The molecule has 0 unspecified atom stereocenters. The fourth-order valence-electron chi connectivity index (χ4n) is 3.96. The van der Waals surface area contributed by atoms with E-state index in [1.807, 2.05) is 11.9 Å². The summed E-state index contributed by atoms with van der Waals surface area (Å²) in [6, 6.07) is 0. The third-order valence-electron chi connectivity index (χ3n) is 5.29. The molecule has 0 bridgehead atoms. The third kappa shape index (κ3) is 4.95. The molecule has 1 saturated heterocycles. The average Bonchev–Trinajstić information content (AvgIpc) is 2.89. The van der Waals surface area contributed by atoms with Crippen molar-refractivity contribution in [3.63, 3.8) is 0 Å². The summed E-state index contributed by atoms with van der Waals surface area (Å²) in [5.41, 5.74) is 0. The van der Waals surface area contributed by atoms with Crippen molar-refractivity contribution in [2.75, 3.05) is 33.7 Å². The molecule has 128 valence electrons. The number of likely N-dealkylation sites (N-methyl/N-ethyl adjacent to an activating group) is 1. The van der Waals surface area contributed by atoms with E-state index in [1.54, 1.807) is 0 Å². The maximum absolute atomic E-state index is 12.7. The van der Waals surface area contributed by atoms with Crippen LogP contribution < -0.4 is 0 Å². The lowest BCUT2D eigenvalue weighted by atomic mass is 9.88. The van der Waals surface area contributed by atoms with Gasteiger partial charge in [-0.25, -0.2) is 0 Å². The summed E-state index contributed by atoms with van der Waals surface area (Å²) in [5.74, 6) is 1.53. The van der Waals surface area contributed by atoms with Gasteiger partial charge in [0.2, 0.25) is 0 Å². The molecule has 2 rings (SSSR count). The number of carbonyl (C=O) groups is 1. The van der Waals surface area contributed by atoms with E-state index in [4.69, 9.17) is 4.74 Å². The Bertz CT molecular complexity index is 361. The molecule has 0 spiro atoms. The minimum absolute atomic E-state index is 0.176. The number of hydrogen-bond donors (Lipinski definition) is 0. The van der Waals surface area contributed by atoms with Gasteiger partial charge in [0.1, 0.15) is 6.10 Å². The minimum atomic E-state index is -0.251. The zero-order valence-corrected chi connectivity index (χ0v) is 14.9. The van der Waals surface area contributed by atoms with Gasteiger partial charge < -0.3 is 14.5 Å². The van der Waals surface area contributed by atoms with Gasteiger partial charge in [0.15, 0.2) is 0 Å². The van der Waals surface area contributed by atoms with E-state index < -0.39 is 0 Å². The van der Waals surface area contributed by atoms with Crippen LogP contribution in [-0.4, -0.2) is 61.6 Å². The second-order valence-corrected chi connectivity index (χ2v) is 7.56. The highest BCUT2D eigenvalue weighted by molar-refractivity contribution is 5.80. The molecule has 0 radical (unpaired) electrons. The Morgan fingerprint density at radius 1 is 1.36 bits per heavy atom. The van der Waals surface area contributed by atoms with Crippen molar-refractivity contribution in [3.05, 3.63) is 0 Å². The topological polar surface area (TPSA) is 32.8 Å². The zero-order chi connectivity index (χ0) is 16.1. The van der Waals surface area contributed by atoms with E-state index in [2.05, 4.69) is 25.8 Å². The van der Waals surface area contributed by atoms with Gasteiger partial charge in [-0.05, 0) is 51.1 Å². The van der Waals surface area contributed by atoms with Crippen LogP contribution in [0.4, 0.5) is 0 Å². The van der Waals surface area contributed by atoms with Gasteiger partial charge in [-0.3, -0.25) is 4.79 Å². The number of hydrogen-bond acceptors (Lipinski definition) is 3. The molecule has 4 heteroatoms. The Morgan fingerprint density at radius 3 is 2.73 bits per heavy atom. The molecule has 1 heterocycles. The largest absolute Gasteiger partial charge is 0.365 e. The number of ether oxygens (including phenoxy) is 1. The molecule has 4 nitrogen and oxygen atoms in total. The molecule has 4 atom stereocenters. The zero-order valence-electron chi connectivity index (χ0n) is 14.9. The van der Waals surface area contributed by atoms with Crippen LogP contribution in [0.25, 0.3) is 0 Å². The molecule has 2 aliphatic rings. The lowest BCUT2D eigenvalue weighted by Crippen LogP contribution is -2.42. The molecular formula is C18H34N2O2. The Labute approximate surface area is 136 Å². The Morgan fingerprint density at radius 2 is 2.14 bits per heavy atom. The fourth-order valence-corrected chi connectivity index (χ4v) is 3.96. The van der Waals surface area contributed by atoms with Crippen LogP contribution in [0.3, 0.4) is 0 Å². The SMILES string of the molecule is CC[C@H](O[C@@H]1CCC[C@@H](C)C1)C(=O)N(C)C[C@H]1CCN(C)C1. The highest BCUT2D eigenvalue weighted by Crippen LogP contribution is 2.27. The molecule has 1 saturated carbocycles. The van der Waals surface area contributed by atoms with Gasteiger partial charge in [-0.1, -0.05) is 26.7 Å². The van der Waals surface area contributed by atoms with E-state index in [0.29, 0.717) is 5.92 Å². The summed E-state index contributed by atoms with van der Waals surface area (Å²) in [5, 5.41) is 0. The monoisotopic (exact) mass is 310 g/mol. The fraction of sp³-hybridized carbons (Fsp3) is 0.944. The first-order valence-electron chi connectivity index (χ1n) is 9.08. The second-order valence-electron chi connectivity index (χ2n) is 7.56. The van der Waals surface area contributed by atoms with Crippen LogP contribution in [0.2, 0.25) is 0 Å². The van der Waals surface area contributed by atoms with Crippen LogP contribution in [0, 0.1) is 11.8 Å². The molecule has 22 heavy (non-hydrogen) atoms. The van der Waals surface area contributed by atoms with E-state index >= 15 is 0 Å². The summed E-state index contributed by atoms with van der Waals surface area (Å²) < 4.78 is 6.18. The first-order chi connectivity index (χ1) is 10.5. The lowest BCUT2D eigenvalue weighted by molar-refractivity contribution is -0.149. The number of nitrogens with zero attached hydrogens (tertiary/aromatic N) is 2. The quantitative estimate of drug-likeness (QED) is 0.756. The van der Waals surface area contributed by atoms with Gasteiger partial charge in [-0.15, -0.1) is 0 Å². The average molecular weight is 310 g/mol. The molecule has 0 aromatic heterocycles. The standard InChI is InChI=1S/C18H34N2O2/c1-5-17(22-16-8-6-7-14(2)11-16)18(21)20(4)13-15-9-10-19(3)12-15/h14-17H,5-13H2,1-4H3/t14-,15+,16-,17+/m1/s1. The highest BCUT2D eigenvalue weighted by atomic mass is 16.5. The van der Waals surface area contributed by atoms with Crippen molar-refractivity contribution < 1.29 is 9.53 Å². The first kappa shape index (κ1) is 17.7. The molecular weight excluding hydrogens is 276 g/mol. The third-order valence-corrected chi connectivity index (χ3v) is 5.29. The van der Waals surface area contributed by atoms with E-state index in [-0.39, 0.29) is 18.1 Å². The maximum Gasteiger partial charge on any atom is 0.251 e. The first-order valence-corrected chi connectivity index (χ1v) is 9.08. The minimum Gasteiger partial charge on any atom is -0.365 e. The van der Waals surface area contributed by atoms with Crippen LogP contribution in [0.1, 0.15) is 52.4 Å². The van der Waals surface area contributed by atoms with E-state index in [9.17, 15) is 4.79 Å². The lowest BCUT2D eigenvalue weighted by Gasteiger charge is -2.32. The van der Waals surface area contributed by atoms with Crippen molar-refractivity contribution in [1.29, 1.82) is 0 Å². The Hall–Kier alpha value is -0.610. The highest BCUT2D eigenvalue weighted by Gasteiger charge is 2.29. The predicted octanol–water partition coefficient (Wildman–Crippen LogP) is 2.77. The molecule has 0 aromatic rings. The number of carbonyl (C=O) groups excluding carboxylic acids is 1. The van der Waals surface area contributed by atoms with E-state index in [0.717, 1.165) is 44.8 Å². The maximum atomic E-state index is 12.7. The van der Waals surface area contributed by atoms with Gasteiger partial charge in [0.05, 0.1) is 6.10 Å². The van der Waals surface area contributed by atoms with Gasteiger partial charge in [0, 0.05) is 20.1 Å². The van der Waals surface area contributed by atoms with Crippen molar-refractivity contribution in [2.45, 2.75) is 64.6 Å². The smallest absolute Gasteiger partial charge is 0.251 e. The second kappa shape index (κ2) is 8.30. The molecule has 2 fully saturated rings. The summed E-state index contributed by atoms with van der Waals surface area (Å²) in [6.07, 6.45) is 6.78. The predicted molar refractivity (Wildman–Crippen MR) is 89.8 cm³/mol. The Kier molecular flexibility index (Phi) is 6.69. The van der Waals surface area contributed by atoms with Crippen molar-refractivity contribution >= 4 is 5.91 Å². The van der Waals surface area contributed by atoms with Crippen LogP contribution in [0.5, 0.6) is 0 Å². The van der Waals surface area contributed by atoms with Gasteiger partial charge in [-0.2, -0.15) is 0 Å². The molecule has 0 N–H and O–H groups in total. The molecule has 1 amide bonds. The number of rotatable bonds is 6. The normalized spacial score (nSPS) is 31.2. The van der Waals surface area contributed by atoms with Crippen molar-refractivity contribution in [2.24, 2.45) is 11.8 Å². The molecule has 1 aliphatic carbocycles. The summed E-state index contributed by atoms with van der Waals surface area (Å²) in [6.45, 7) is 7.48. The Balaban J connectivity index is 1.82. The van der Waals surface area contributed by atoms with Gasteiger partial charge >= 0.3 is 0 Å².